The van der Waals surface area contributed by atoms with Gasteiger partial charge in [-0.2, -0.15) is 0 Å². The van der Waals surface area contributed by atoms with Crippen molar-refractivity contribution in [2.75, 3.05) is 23.3 Å². The number of rotatable bonds is 5. The Hall–Kier alpha value is -3.27. The van der Waals surface area contributed by atoms with Crippen LogP contribution in [0.15, 0.2) is 41.0 Å². The second-order valence-corrected chi connectivity index (χ2v) is 5.88. The number of terminal acetylenes is 1. The molecule has 1 saturated heterocycles. The Morgan fingerprint density at radius 1 is 1.42 bits per heavy atom. The number of halogens is 1. The molecule has 0 saturated carbocycles. The molecule has 0 bridgehead atoms. The standard InChI is InChI=1S/C19H18FN3O3/c1-2-9-22(13-15-5-4-11-26-15)19(25)21-14-7-8-16(20)17(12-14)23-10-3-6-18(23)24/h1,4-5,7-8,11-12H,3,6,9-10,13H2,(H,21,25). The highest BCUT2D eigenvalue weighted by Gasteiger charge is 2.25. The van der Waals surface area contributed by atoms with Crippen LogP contribution in [0.5, 0.6) is 0 Å². The number of amides is 3. The maximum absolute atomic E-state index is 14.1. The summed E-state index contributed by atoms with van der Waals surface area (Å²) >= 11 is 0. The van der Waals surface area contributed by atoms with Gasteiger partial charge in [-0.1, -0.05) is 5.92 Å². The van der Waals surface area contributed by atoms with Gasteiger partial charge < -0.3 is 19.5 Å². The van der Waals surface area contributed by atoms with E-state index in [4.69, 9.17) is 10.8 Å². The van der Waals surface area contributed by atoms with Crippen molar-refractivity contribution in [3.8, 4) is 12.3 Å². The molecule has 0 spiro atoms. The Kier molecular flexibility index (Phi) is 5.23. The Bertz CT molecular complexity index is 842. The quantitative estimate of drug-likeness (QED) is 0.838. The highest BCUT2D eigenvalue weighted by atomic mass is 19.1. The van der Waals surface area contributed by atoms with Gasteiger partial charge in [-0.3, -0.25) is 4.79 Å². The number of furan rings is 1. The first-order valence-electron chi connectivity index (χ1n) is 8.20. The smallest absolute Gasteiger partial charge is 0.323 e. The minimum Gasteiger partial charge on any atom is -0.467 e. The summed E-state index contributed by atoms with van der Waals surface area (Å²) in [7, 11) is 0. The fraction of sp³-hybridized carbons (Fsp3) is 0.263. The SMILES string of the molecule is C#CCN(Cc1ccco1)C(=O)Nc1ccc(F)c(N2CCCC2=O)c1. The lowest BCUT2D eigenvalue weighted by Gasteiger charge is -2.21. The van der Waals surface area contributed by atoms with E-state index in [0.717, 1.165) is 0 Å². The van der Waals surface area contributed by atoms with Crippen molar-refractivity contribution in [3.05, 3.63) is 48.2 Å². The Morgan fingerprint density at radius 3 is 2.92 bits per heavy atom. The summed E-state index contributed by atoms with van der Waals surface area (Å²) in [5.74, 6) is 2.39. The van der Waals surface area contributed by atoms with Crippen molar-refractivity contribution in [1.82, 2.24) is 4.90 Å². The summed E-state index contributed by atoms with van der Waals surface area (Å²) in [6.45, 7) is 0.766. The summed E-state index contributed by atoms with van der Waals surface area (Å²) in [4.78, 5) is 27.2. The van der Waals surface area contributed by atoms with Gasteiger partial charge in [0.2, 0.25) is 5.91 Å². The second-order valence-electron chi connectivity index (χ2n) is 5.88. The predicted molar refractivity (Wildman–Crippen MR) is 95.0 cm³/mol. The zero-order valence-corrected chi connectivity index (χ0v) is 14.1. The molecular weight excluding hydrogens is 337 g/mol. The molecule has 1 aromatic carbocycles. The fourth-order valence-corrected chi connectivity index (χ4v) is 2.80. The first-order valence-corrected chi connectivity index (χ1v) is 8.20. The molecule has 0 radical (unpaired) electrons. The molecular formula is C19H18FN3O3. The molecule has 2 heterocycles. The third kappa shape index (κ3) is 3.86. The molecule has 1 aromatic heterocycles. The average Bonchev–Trinajstić information content (AvgIpc) is 3.28. The maximum atomic E-state index is 14.1. The Morgan fingerprint density at radius 2 is 2.27 bits per heavy atom. The number of hydrogen-bond donors (Lipinski definition) is 1. The summed E-state index contributed by atoms with van der Waals surface area (Å²) in [5, 5.41) is 2.69. The van der Waals surface area contributed by atoms with Crippen LogP contribution in [0, 0.1) is 18.2 Å². The third-order valence-corrected chi connectivity index (χ3v) is 4.06. The van der Waals surface area contributed by atoms with Crippen LogP contribution in [0.4, 0.5) is 20.6 Å². The molecule has 0 atom stereocenters. The van der Waals surface area contributed by atoms with Gasteiger partial charge in [0.15, 0.2) is 0 Å². The van der Waals surface area contributed by atoms with E-state index >= 15 is 0 Å². The number of carbonyl (C=O) groups excluding carboxylic acids is 2. The van der Waals surface area contributed by atoms with Gasteiger partial charge in [-0.25, -0.2) is 9.18 Å². The maximum Gasteiger partial charge on any atom is 0.323 e. The molecule has 0 unspecified atom stereocenters. The molecule has 6 nitrogen and oxygen atoms in total. The molecule has 1 N–H and O–H groups in total. The summed E-state index contributed by atoms with van der Waals surface area (Å²) < 4.78 is 19.3. The summed E-state index contributed by atoms with van der Waals surface area (Å²) in [5.41, 5.74) is 0.549. The van der Waals surface area contributed by atoms with E-state index in [0.29, 0.717) is 30.8 Å². The number of hydrogen-bond acceptors (Lipinski definition) is 3. The predicted octanol–water partition coefficient (Wildman–Crippen LogP) is 3.21. The van der Waals surface area contributed by atoms with Crippen molar-refractivity contribution >= 4 is 23.3 Å². The van der Waals surface area contributed by atoms with Crippen LogP contribution in [-0.2, 0) is 11.3 Å². The second kappa shape index (κ2) is 7.74. The Balaban J connectivity index is 1.75. The molecule has 3 rings (SSSR count). The van der Waals surface area contributed by atoms with Crippen LogP contribution in [0.3, 0.4) is 0 Å². The lowest BCUT2D eigenvalue weighted by molar-refractivity contribution is -0.117. The van der Waals surface area contributed by atoms with E-state index in [1.54, 1.807) is 12.1 Å². The number of nitrogens with one attached hydrogen (secondary N) is 1. The highest BCUT2D eigenvalue weighted by Crippen LogP contribution is 2.27. The van der Waals surface area contributed by atoms with Gasteiger partial charge in [0.1, 0.15) is 11.6 Å². The lowest BCUT2D eigenvalue weighted by Crippen LogP contribution is -2.34. The molecule has 3 amide bonds. The van der Waals surface area contributed by atoms with Crippen LogP contribution in [0.2, 0.25) is 0 Å². The lowest BCUT2D eigenvalue weighted by atomic mass is 10.2. The Labute approximate surface area is 150 Å². The van der Waals surface area contributed by atoms with Gasteiger partial charge in [-0.05, 0) is 36.8 Å². The normalized spacial score (nSPS) is 13.5. The molecule has 26 heavy (non-hydrogen) atoms. The van der Waals surface area contributed by atoms with Crippen molar-refractivity contribution in [1.29, 1.82) is 0 Å². The van der Waals surface area contributed by atoms with Gasteiger partial charge in [0.05, 0.1) is 25.0 Å². The number of carbonyl (C=O) groups is 2. The summed E-state index contributed by atoms with van der Waals surface area (Å²) in [6, 6.07) is 7.15. The largest absolute Gasteiger partial charge is 0.467 e. The fourth-order valence-electron chi connectivity index (χ4n) is 2.80. The van der Waals surface area contributed by atoms with Crippen LogP contribution in [0.25, 0.3) is 0 Å². The van der Waals surface area contributed by atoms with Gasteiger partial charge in [0, 0.05) is 18.7 Å². The monoisotopic (exact) mass is 355 g/mol. The van der Waals surface area contributed by atoms with Gasteiger partial charge in [-0.15, -0.1) is 6.42 Å². The van der Waals surface area contributed by atoms with E-state index in [1.165, 1.54) is 34.3 Å². The zero-order chi connectivity index (χ0) is 18.5. The topological polar surface area (TPSA) is 65.8 Å². The molecule has 7 heteroatoms. The number of urea groups is 1. The van der Waals surface area contributed by atoms with E-state index in [1.807, 2.05) is 0 Å². The number of anilines is 2. The highest BCUT2D eigenvalue weighted by molar-refractivity contribution is 5.97. The van der Waals surface area contributed by atoms with Gasteiger partial charge in [0.25, 0.3) is 0 Å². The summed E-state index contributed by atoms with van der Waals surface area (Å²) in [6.07, 6.45) is 7.94. The van der Waals surface area contributed by atoms with E-state index in [9.17, 15) is 14.0 Å². The van der Waals surface area contributed by atoms with Crippen LogP contribution in [-0.4, -0.2) is 29.9 Å². The molecule has 1 fully saturated rings. The van der Waals surface area contributed by atoms with E-state index in [2.05, 4.69) is 11.2 Å². The van der Waals surface area contributed by atoms with E-state index < -0.39 is 11.8 Å². The van der Waals surface area contributed by atoms with E-state index in [-0.39, 0.29) is 24.7 Å². The molecule has 1 aliphatic rings. The van der Waals surface area contributed by atoms with Crippen LogP contribution < -0.4 is 10.2 Å². The van der Waals surface area contributed by atoms with Crippen molar-refractivity contribution < 1.29 is 18.4 Å². The molecule has 1 aliphatic heterocycles. The van der Waals surface area contributed by atoms with Crippen molar-refractivity contribution in [3.63, 3.8) is 0 Å². The zero-order valence-electron chi connectivity index (χ0n) is 14.1. The van der Waals surface area contributed by atoms with Crippen LogP contribution in [0.1, 0.15) is 18.6 Å². The van der Waals surface area contributed by atoms with Crippen molar-refractivity contribution in [2.24, 2.45) is 0 Å². The molecule has 134 valence electrons. The average molecular weight is 355 g/mol. The number of nitrogens with zero attached hydrogens (tertiary/aromatic N) is 2. The molecule has 2 aromatic rings. The minimum atomic E-state index is -0.505. The van der Waals surface area contributed by atoms with Crippen molar-refractivity contribution in [2.45, 2.75) is 19.4 Å². The minimum absolute atomic E-state index is 0.0885. The first kappa shape index (κ1) is 17.5. The third-order valence-electron chi connectivity index (χ3n) is 4.06. The first-order chi connectivity index (χ1) is 12.6. The molecule has 0 aliphatic carbocycles. The van der Waals surface area contributed by atoms with Gasteiger partial charge >= 0.3 is 6.03 Å². The van der Waals surface area contributed by atoms with Crippen LogP contribution >= 0.6 is 0 Å². The number of benzene rings is 1.